The van der Waals surface area contributed by atoms with E-state index >= 15 is 0 Å². The summed E-state index contributed by atoms with van der Waals surface area (Å²) in [5, 5.41) is 2.82. The van der Waals surface area contributed by atoms with Gasteiger partial charge < -0.3 is 15.0 Å². The van der Waals surface area contributed by atoms with Crippen LogP contribution < -0.4 is 10.1 Å². The van der Waals surface area contributed by atoms with Gasteiger partial charge in [0, 0.05) is 13.1 Å². The van der Waals surface area contributed by atoms with Crippen molar-refractivity contribution in [2.45, 2.75) is 34.6 Å². The van der Waals surface area contributed by atoms with Gasteiger partial charge in [-0.3, -0.25) is 9.59 Å². The molecule has 0 saturated heterocycles. The summed E-state index contributed by atoms with van der Waals surface area (Å²) in [6.07, 6.45) is 0. The molecular weight excluding hydrogens is 280 g/mol. The number of nitrogens with zero attached hydrogens (tertiary/aromatic N) is 1. The van der Waals surface area contributed by atoms with Gasteiger partial charge >= 0.3 is 0 Å². The van der Waals surface area contributed by atoms with Gasteiger partial charge in [-0.1, -0.05) is 6.07 Å². The standard InChI is InChI=1S/C17H26N2O3/c1-7-19(8-2)16(21)17(4,5)15(20)18-13-11-12(3)9-10-14(13)22-6/h9-11H,7-8H2,1-6H3,(H,18,20). The Morgan fingerprint density at radius 3 is 2.32 bits per heavy atom. The number of aryl methyl sites for hydroxylation is 1. The van der Waals surface area contributed by atoms with E-state index in [0.717, 1.165) is 5.56 Å². The Balaban J connectivity index is 3.01. The van der Waals surface area contributed by atoms with Gasteiger partial charge in [0.15, 0.2) is 0 Å². The Kier molecular flexibility index (Phi) is 5.97. The van der Waals surface area contributed by atoms with Gasteiger partial charge in [0.05, 0.1) is 12.8 Å². The summed E-state index contributed by atoms with van der Waals surface area (Å²) >= 11 is 0. The van der Waals surface area contributed by atoms with Crippen LogP contribution >= 0.6 is 0 Å². The molecule has 0 saturated carbocycles. The maximum Gasteiger partial charge on any atom is 0.239 e. The predicted molar refractivity (Wildman–Crippen MR) is 88.1 cm³/mol. The number of carbonyl (C=O) groups excluding carboxylic acids is 2. The molecule has 0 aliphatic heterocycles. The average Bonchev–Trinajstić information content (AvgIpc) is 2.48. The van der Waals surface area contributed by atoms with Crippen LogP contribution in [-0.2, 0) is 9.59 Å². The van der Waals surface area contributed by atoms with Crippen LogP contribution in [0.4, 0.5) is 5.69 Å². The van der Waals surface area contributed by atoms with Crippen LogP contribution in [0.5, 0.6) is 5.75 Å². The summed E-state index contributed by atoms with van der Waals surface area (Å²) in [5.74, 6) is 0.0555. The third-order valence-electron chi connectivity index (χ3n) is 3.76. The molecule has 0 aliphatic carbocycles. The topological polar surface area (TPSA) is 58.6 Å². The molecule has 0 unspecified atom stereocenters. The second kappa shape index (κ2) is 7.29. The van der Waals surface area contributed by atoms with E-state index in [2.05, 4.69) is 5.32 Å². The van der Waals surface area contributed by atoms with Crippen LogP contribution in [0.15, 0.2) is 18.2 Å². The van der Waals surface area contributed by atoms with Crippen molar-refractivity contribution in [2.24, 2.45) is 5.41 Å². The average molecular weight is 306 g/mol. The number of hydrogen-bond acceptors (Lipinski definition) is 3. The lowest BCUT2D eigenvalue weighted by molar-refractivity contribution is -0.146. The second-order valence-electron chi connectivity index (χ2n) is 5.76. The fourth-order valence-corrected chi connectivity index (χ4v) is 2.20. The Bertz CT molecular complexity index is 549. The van der Waals surface area contributed by atoms with E-state index in [4.69, 9.17) is 4.74 Å². The molecule has 0 atom stereocenters. The lowest BCUT2D eigenvalue weighted by Gasteiger charge is -2.29. The summed E-state index contributed by atoms with van der Waals surface area (Å²) in [5.41, 5.74) is 0.442. The summed E-state index contributed by atoms with van der Waals surface area (Å²) < 4.78 is 5.25. The van der Waals surface area contributed by atoms with Crippen molar-refractivity contribution in [3.05, 3.63) is 23.8 Å². The van der Waals surface area contributed by atoms with Crippen molar-refractivity contribution < 1.29 is 14.3 Å². The van der Waals surface area contributed by atoms with E-state index in [1.165, 1.54) is 0 Å². The van der Waals surface area contributed by atoms with Crippen molar-refractivity contribution >= 4 is 17.5 Å². The summed E-state index contributed by atoms with van der Waals surface area (Å²) in [6.45, 7) is 10.2. The first-order valence-corrected chi connectivity index (χ1v) is 7.53. The number of rotatable bonds is 6. The molecule has 5 nitrogen and oxygen atoms in total. The summed E-state index contributed by atoms with van der Waals surface area (Å²) in [4.78, 5) is 26.8. The van der Waals surface area contributed by atoms with E-state index < -0.39 is 5.41 Å². The maximum absolute atomic E-state index is 12.6. The van der Waals surface area contributed by atoms with E-state index in [9.17, 15) is 9.59 Å². The Morgan fingerprint density at radius 2 is 1.82 bits per heavy atom. The number of anilines is 1. The molecule has 122 valence electrons. The molecule has 1 N–H and O–H groups in total. The molecule has 0 aromatic heterocycles. The highest BCUT2D eigenvalue weighted by Gasteiger charge is 2.38. The number of benzene rings is 1. The van der Waals surface area contributed by atoms with Crippen LogP contribution in [-0.4, -0.2) is 36.9 Å². The predicted octanol–water partition coefficient (Wildman–Crippen LogP) is 2.84. The first-order chi connectivity index (χ1) is 10.3. The number of hydrogen-bond donors (Lipinski definition) is 1. The Hall–Kier alpha value is -2.04. The molecule has 0 bridgehead atoms. The van der Waals surface area contributed by atoms with Gasteiger partial charge in [-0.25, -0.2) is 0 Å². The van der Waals surface area contributed by atoms with Gasteiger partial charge in [-0.15, -0.1) is 0 Å². The second-order valence-corrected chi connectivity index (χ2v) is 5.76. The Morgan fingerprint density at radius 1 is 1.23 bits per heavy atom. The van der Waals surface area contributed by atoms with Gasteiger partial charge in [0.1, 0.15) is 11.2 Å². The molecule has 0 fully saturated rings. The van der Waals surface area contributed by atoms with E-state index in [0.29, 0.717) is 24.5 Å². The van der Waals surface area contributed by atoms with Crippen LogP contribution in [0.3, 0.4) is 0 Å². The number of carbonyl (C=O) groups is 2. The monoisotopic (exact) mass is 306 g/mol. The van der Waals surface area contributed by atoms with Crippen molar-refractivity contribution in [3.63, 3.8) is 0 Å². The first kappa shape index (κ1) is 18.0. The molecule has 0 spiro atoms. The molecular formula is C17H26N2O3. The number of nitrogens with one attached hydrogen (secondary N) is 1. The summed E-state index contributed by atoms with van der Waals surface area (Å²) in [6, 6.07) is 5.53. The van der Waals surface area contributed by atoms with Crippen molar-refractivity contribution in [1.29, 1.82) is 0 Å². The highest BCUT2D eigenvalue weighted by atomic mass is 16.5. The summed E-state index contributed by atoms with van der Waals surface area (Å²) in [7, 11) is 1.55. The third kappa shape index (κ3) is 3.78. The lowest BCUT2D eigenvalue weighted by Crippen LogP contribution is -2.47. The molecule has 0 radical (unpaired) electrons. The smallest absolute Gasteiger partial charge is 0.239 e. The van der Waals surface area contributed by atoms with Crippen LogP contribution in [0, 0.1) is 12.3 Å². The molecule has 0 aliphatic rings. The molecule has 2 amide bonds. The van der Waals surface area contributed by atoms with Gasteiger partial charge in [-0.05, 0) is 52.3 Å². The third-order valence-corrected chi connectivity index (χ3v) is 3.76. The zero-order chi connectivity index (χ0) is 16.9. The molecule has 0 heterocycles. The lowest BCUT2D eigenvalue weighted by atomic mass is 9.90. The normalized spacial score (nSPS) is 11.0. The molecule has 1 rings (SSSR count). The molecule has 22 heavy (non-hydrogen) atoms. The van der Waals surface area contributed by atoms with Crippen LogP contribution in [0.25, 0.3) is 0 Å². The quantitative estimate of drug-likeness (QED) is 0.822. The van der Waals surface area contributed by atoms with Crippen LogP contribution in [0.1, 0.15) is 33.3 Å². The molecule has 5 heteroatoms. The van der Waals surface area contributed by atoms with Crippen LogP contribution in [0.2, 0.25) is 0 Å². The first-order valence-electron chi connectivity index (χ1n) is 7.53. The molecule has 1 aromatic carbocycles. The van der Waals surface area contributed by atoms with Crippen molar-refractivity contribution in [3.8, 4) is 5.75 Å². The van der Waals surface area contributed by atoms with E-state index in [1.54, 1.807) is 31.9 Å². The number of ether oxygens (including phenoxy) is 1. The highest BCUT2D eigenvalue weighted by Crippen LogP contribution is 2.28. The fourth-order valence-electron chi connectivity index (χ4n) is 2.20. The van der Waals surface area contributed by atoms with Gasteiger partial charge in [0.25, 0.3) is 0 Å². The minimum Gasteiger partial charge on any atom is -0.495 e. The number of methoxy groups -OCH3 is 1. The zero-order valence-electron chi connectivity index (χ0n) is 14.3. The molecule has 1 aromatic rings. The fraction of sp³-hybridized carbons (Fsp3) is 0.529. The maximum atomic E-state index is 12.6. The largest absolute Gasteiger partial charge is 0.495 e. The van der Waals surface area contributed by atoms with Gasteiger partial charge in [-0.2, -0.15) is 0 Å². The number of amides is 2. The van der Waals surface area contributed by atoms with E-state index in [-0.39, 0.29) is 11.8 Å². The van der Waals surface area contributed by atoms with Gasteiger partial charge in [0.2, 0.25) is 11.8 Å². The minimum atomic E-state index is -1.14. The van der Waals surface area contributed by atoms with E-state index in [1.807, 2.05) is 32.9 Å². The SMILES string of the molecule is CCN(CC)C(=O)C(C)(C)C(=O)Nc1cc(C)ccc1OC. The zero-order valence-corrected chi connectivity index (χ0v) is 14.3. The minimum absolute atomic E-state index is 0.179. The van der Waals surface area contributed by atoms with Crippen molar-refractivity contribution in [2.75, 3.05) is 25.5 Å². The highest BCUT2D eigenvalue weighted by molar-refractivity contribution is 6.10. The Labute approximate surface area is 132 Å². The van der Waals surface area contributed by atoms with Crippen molar-refractivity contribution in [1.82, 2.24) is 4.90 Å².